The zero-order valence-electron chi connectivity index (χ0n) is 4.08. The van der Waals surface area contributed by atoms with Crippen LogP contribution in [0.15, 0.2) is 0 Å². The molecule has 0 rings (SSSR count). The zero-order chi connectivity index (χ0) is 4.50. The van der Waals surface area contributed by atoms with Crippen molar-refractivity contribution in [1.29, 1.82) is 0 Å². The monoisotopic (exact) mass is 175 g/mol. The van der Waals surface area contributed by atoms with E-state index in [0.29, 0.717) is 0 Å². The molecule has 48 valence electrons. The Balaban J connectivity index is -0.0000000800. The normalized spacial score (nSPS) is 8.43. The van der Waals surface area contributed by atoms with Crippen molar-refractivity contribution >= 4 is 14.5 Å². The molecular weight excluding hydrogens is 167 g/mol. The van der Waals surface area contributed by atoms with Crippen molar-refractivity contribution in [3.05, 3.63) is 0 Å². The minimum atomic E-state index is -5.88. The first kappa shape index (κ1) is 15.7. The fourth-order valence-corrected chi connectivity index (χ4v) is 0. The van der Waals surface area contributed by atoms with Crippen molar-refractivity contribution in [2.75, 3.05) is 0 Å². The van der Waals surface area contributed by atoms with Gasteiger partial charge in [-0.15, -0.1) is 0 Å². The Morgan fingerprint density at radius 1 is 1.00 bits per heavy atom. The topological polar surface area (TPSA) is 159 Å². The molecule has 0 saturated heterocycles. The van der Waals surface area contributed by atoms with Crippen LogP contribution < -0.4 is 24.6 Å². The summed E-state index contributed by atoms with van der Waals surface area (Å²) in [6, 6.07) is 0. The van der Waals surface area contributed by atoms with E-state index in [1.165, 1.54) is 0 Å². The van der Waals surface area contributed by atoms with Crippen LogP contribution in [0.4, 0.5) is 0 Å². The first-order chi connectivity index (χ1) is 2.00. The molecule has 0 radical (unpaired) electrons. The summed E-state index contributed by atoms with van der Waals surface area (Å²) in [6.07, 6.45) is 0. The molecule has 0 aromatic rings. The number of hydrogen-bond acceptors (Lipinski definition) is 4. The standard InChI is InChI=1S/AsH3O4.2H3N/c2-1(3,4)5;;/h(H3,2,3,4,5);2*1H3/p-1. The van der Waals surface area contributed by atoms with Gasteiger partial charge in [0.15, 0.2) is 0 Å². The molecule has 0 bridgehead atoms. The maximum absolute atomic E-state index is 8.61. The van der Waals surface area contributed by atoms with Crippen LogP contribution >= 0.6 is 0 Å². The molecule has 0 unspecified atom stereocenters. The zero-order valence-corrected chi connectivity index (χ0v) is 5.96. The van der Waals surface area contributed by atoms with Crippen molar-refractivity contribution < 1.29 is 16.0 Å². The molecule has 0 aromatic heterocycles. The Morgan fingerprint density at radius 2 is 1.00 bits per heavy atom. The van der Waals surface area contributed by atoms with Crippen LogP contribution in [0.1, 0.15) is 0 Å². The molecular formula is H8AsN2O4-. The van der Waals surface area contributed by atoms with Gasteiger partial charge in [-0.25, -0.2) is 0 Å². The molecule has 6 nitrogen and oxygen atoms in total. The number of rotatable bonds is 0. The van der Waals surface area contributed by atoms with Crippen LogP contribution in [-0.4, -0.2) is 14.5 Å². The summed E-state index contributed by atoms with van der Waals surface area (Å²) in [5.41, 5.74) is 0. The molecule has 0 aromatic carbocycles. The van der Waals surface area contributed by atoms with Crippen molar-refractivity contribution in [3.63, 3.8) is 0 Å². The van der Waals surface area contributed by atoms with E-state index in [4.69, 9.17) is 16.0 Å². The van der Waals surface area contributed by atoms with E-state index in [1.54, 1.807) is 0 Å². The van der Waals surface area contributed by atoms with Gasteiger partial charge in [0.25, 0.3) is 0 Å². The average Bonchev–Trinajstić information content (AvgIpc) is 0.722. The maximum atomic E-state index is 8.61. The largest absolute Gasteiger partial charge is 0.369 e. The van der Waals surface area contributed by atoms with Crippen molar-refractivity contribution in [3.8, 4) is 0 Å². The van der Waals surface area contributed by atoms with Gasteiger partial charge in [-0.1, -0.05) is 0 Å². The molecule has 0 aliphatic carbocycles. The molecule has 0 amide bonds. The minimum absolute atomic E-state index is 0. The van der Waals surface area contributed by atoms with Crippen LogP contribution in [0.2, 0.25) is 0 Å². The third-order valence-corrected chi connectivity index (χ3v) is 0. The Labute approximate surface area is 43.7 Å². The Bertz CT molecular complexity index is 55.8. The summed E-state index contributed by atoms with van der Waals surface area (Å²) in [7, 11) is 0. The molecule has 0 heterocycles. The van der Waals surface area contributed by atoms with Crippen LogP contribution in [0.5, 0.6) is 0 Å². The SMILES string of the molecule is O=[As]([O-])([O-])[O-].[NH4+].[NH4+]. The second-order valence-electron chi connectivity index (χ2n) is 0.447. The quantitative estimate of drug-likeness (QED) is 0.368. The predicted octanol–water partition coefficient (Wildman–Crippen LogP) is -3.31. The van der Waals surface area contributed by atoms with Crippen LogP contribution in [0.3, 0.4) is 0 Å². The van der Waals surface area contributed by atoms with Crippen LogP contribution in [0, 0.1) is 0 Å². The fourth-order valence-electron chi connectivity index (χ4n) is 0. The Hall–Kier alpha value is 0.158. The second-order valence-corrected chi connectivity index (χ2v) is 2.32. The van der Waals surface area contributed by atoms with Crippen molar-refractivity contribution in [1.82, 2.24) is 12.3 Å². The maximum Gasteiger partial charge on any atom is -0.369 e. The molecule has 0 atom stereocenters. The van der Waals surface area contributed by atoms with E-state index in [0.717, 1.165) is 0 Å². The third-order valence-electron chi connectivity index (χ3n) is 0. The van der Waals surface area contributed by atoms with E-state index >= 15 is 0 Å². The van der Waals surface area contributed by atoms with Gasteiger partial charge in [0.2, 0.25) is 0 Å². The van der Waals surface area contributed by atoms with E-state index in [1.807, 2.05) is 0 Å². The van der Waals surface area contributed by atoms with Crippen molar-refractivity contribution in [2.24, 2.45) is 0 Å². The summed E-state index contributed by atoms with van der Waals surface area (Å²) in [6.45, 7) is 0. The van der Waals surface area contributed by atoms with Gasteiger partial charge in [0.05, 0.1) is 0 Å². The molecule has 7 heavy (non-hydrogen) atoms. The summed E-state index contributed by atoms with van der Waals surface area (Å²) in [5.74, 6) is 0. The Kier molecular flexibility index (Phi) is 9.69. The van der Waals surface area contributed by atoms with Crippen LogP contribution in [0.25, 0.3) is 0 Å². The molecule has 0 saturated carbocycles. The van der Waals surface area contributed by atoms with E-state index in [2.05, 4.69) is 0 Å². The van der Waals surface area contributed by atoms with Crippen molar-refractivity contribution in [2.45, 2.75) is 0 Å². The molecule has 0 aliphatic heterocycles. The van der Waals surface area contributed by atoms with E-state index < -0.39 is 14.5 Å². The van der Waals surface area contributed by atoms with Gasteiger partial charge >= 0.3 is 30.5 Å². The van der Waals surface area contributed by atoms with Gasteiger partial charge in [-0.05, 0) is 0 Å². The molecule has 0 aliphatic rings. The second kappa shape index (κ2) is 4.32. The Morgan fingerprint density at radius 3 is 1.00 bits per heavy atom. The summed E-state index contributed by atoms with van der Waals surface area (Å²) in [4.78, 5) is 0. The minimum Gasteiger partial charge on any atom is -0.369 e. The molecule has 0 spiro atoms. The van der Waals surface area contributed by atoms with Crippen LogP contribution in [-0.2, 0) is 3.74 Å². The van der Waals surface area contributed by atoms with E-state index in [9.17, 15) is 0 Å². The van der Waals surface area contributed by atoms with Gasteiger partial charge in [-0.3, -0.25) is 0 Å². The van der Waals surface area contributed by atoms with Gasteiger partial charge in [0.1, 0.15) is 0 Å². The predicted molar refractivity (Wildman–Crippen MR) is 18.4 cm³/mol. The average molecular weight is 175 g/mol. The summed E-state index contributed by atoms with van der Waals surface area (Å²) in [5, 5.41) is 0. The van der Waals surface area contributed by atoms with E-state index in [-0.39, 0.29) is 12.3 Å². The van der Waals surface area contributed by atoms with Gasteiger partial charge < -0.3 is 12.3 Å². The fraction of sp³-hybridized carbons (Fsp3) is 0. The summed E-state index contributed by atoms with van der Waals surface area (Å²) < 4.78 is 34.4. The summed E-state index contributed by atoms with van der Waals surface area (Å²) >= 11 is -5.88. The molecule has 0 fully saturated rings. The molecule has 8 N–H and O–H groups in total. The first-order valence-corrected chi connectivity index (χ1v) is 3.79. The number of quaternary nitrogens is 2. The van der Waals surface area contributed by atoms with Gasteiger partial charge in [0, 0.05) is 0 Å². The smallest absolute Gasteiger partial charge is 0.369 e. The molecule has 7 heteroatoms. The number of hydrogen-bond donors (Lipinski definition) is 2. The third kappa shape index (κ3) is 4240. The van der Waals surface area contributed by atoms with Gasteiger partial charge in [-0.2, -0.15) is 0 Å². The first-order valence-electron chi connectivity index (χ1n) is 0.730.